The van der Waals surface area contributed by atoms with Crippen molar-refractivity contribution in [3.63, 3.8) is 0 Å². The topological polar surface area (TPSA) is 104 Å². The number of carbonyl (C=O) groups is 1. The molecule has 1 amide bonds. The number of nitrogens with one attached hydrogen (secondary N) is 1. The number of alkyl halides is 2. The van der Waals surface area contributed by atoms with Gasteiger partial charge >= 0.3 is 0 Å². The van der Waals surface area contributed by atoms with Crippen LogP contribution in [0.3, 0.4) is 0 Å². The Hall–Kier alpha value is -3.37. The van der Waals surface area contributed by atoms with Gasteiger partial charge in [-0.05, 0) is 44.1 Å². The summed E-state index contributed by atoms with van der Waals surface area (Å²) >= 11 is 0. The molecule has 1 spiro atoms. The summed E-state index contributed by atoms with van der Waals surface area (Å²) in [5.41, 5.74) is 1.78. The van der Waals surface area contributed by atoms with Crippen LogP contribution in [0.25, 0.3) is 0 Å². The minimum Gasteiger partial charge on any atom is -0.371 e. The summed E-state index contributed by atoms with van der Waals surface area (Å²) in [6.07, 6.45) is 3.98. The fraction of sp³-hybridized carbons (Fsp3) is 0.542. The number of halogens is 2. The number of hydrogen-bond donors (Lipinski definition) is 1. The molecule has 1 aliphatic carbocycles. The van der Waals surface area contributed by atoms with Crippen LogP contribution < -0.4 is 15.1 Å². The van der Waals surface area contributed by atoms with E-state index >= 15 is 0 Å². The first-order valence-corrected chi connectivity index (χ1v) is 12.0. The first-order chi connectivity index (χ1) is 16.6. The van der Waals surface area contributed by atoms with Gasteiger partial charge in [-0.1, -0.05) is 0 Å². The van der Waals surface area contributed by atoms with Crippen molar-refractivity contribution in [1.82, 2.24) is 9.97 Å². The van der Waals surface area contributed by atoms with E-state index in [2.05, 4.69) is 15.3 Å². The minimum atomic E-state index is -2.67. The van der Waals surface area contributed by atoms with Crippen LogP contribution in [0, 0.1) is 22.5 Å². The summed E-state index contributed by atoms with van der Waals surface area (Å²) in [7, 11) is 0. The number of aryl methyl sites for hydroxylation is 1. The van der Waals surface area contributed by atoms with Crippen LogP contribution in [0.15, 0.2) is 24.3 Å². The number of anilines is 3. The van der Waals surface area contributed by atoms with Gasteiger partial charge < -0.3 is 9.80 Å². The van der Waals surface area contributed by atoms with E-state index < -0.39 is 16.8 Å². The Bertz CT molecular complexity index is 1150. The van der Waals surface area contributed by atoms with E-state index in [1.54, 1.807) is 17.9 Å². The number of nitro groups is 1. The predicted molar refractivity (Wildman–Crippen MR) is 127 cm³/mol. The highest BCUT2D eigenvalue weighted by atomic mass is 19.3. The number of hydrogen-bond acceptors (Lipinski definition) is 7. The maximum Gasteiger partial charge on any atom is 0.271 e. The molecule has 3 fully saturated rings. The molecule has 1 saturated carbocycles. The predicted octanol–water partition coefficient (Wildman–Crippen LogP) is 4.56. The number of rotatable bonds is 5. The zero-order valence-electron chi connectivity index (χ0n) is 19.6. The van der Waals surface area contributed by atoms with Crippen LogP contribution in [-0.2, 0) is 0 Å². The fourth-order valence-corrected chi connectivity index (χ4v) is 4.99. The fourth-order valence-electron chi connectivity index (χ4n) is 4.99. The summed E-state index contributed by atoms with van der Waals surface area (Å²) < 4.78 is 27.1. The summed E-state index contributed by atoms with van der Waals surface area (Å²) in [6, 6.07) is 5.95. The highest BCUT2D eigenvalue weighted by molar-refractivity contribution is 6.07. The monoisotopic (exact) mass is 486 g/mol. The largest absolute Gasteiger partial charge is 0.371 e. The van der Waals surface area contributed by atoms with Gasteiger partial charge in [0.25, 0.3) is 17.5 Å². The van der Waals surface area contributed by atoms with Crippen LogP contribution in [0.4, 0.5) is 31.9 Å². The number of amides is 1. The van der Waals surface area contributed by atoms with Gasteiger partial charge in [0.1, 0.15) is 5.82 Å². The number of non-ortho nitro benzene ring substituents is 1. The second-order valence-electron chi connectivity index (χ2n) is 9.93. The summed E-state index contributed by atoms with van der Waals surface area (Å²) in [6.45, 7) is 3.57. The van der Waals surface area contributed by atoms with E-state index in [1.165, 1.54) is 31.0 Å². The highest BCUT2D eigenvalue weighted by Crippen LogP contribution is 2.54. The summed E-state index contributed by atoms with van der Waals surface area (Å²) in [4.78, 5) is 36.7. The van der Waals surface area contributed by atoms with Gasteiger partial charge in [-0.15, -0.1) is 0 Å². The lowest BCUT2D eigenvalue weighted by atomic mass is 9.93. The minimum absolute atomic E-state index is 0.0701. The molecular formula is C24H28F2N6O3. The third-order valence-electron chi connectivity index (χ3n) is 7.44. The molecule has 35 heavy (non-hydrogen) atoms. The molecule has 0 radical (unpaired) electrons. The molecule has 9 nitrogen and oxygen atoms in total. The van der Waals surface area contributed by atoms with Crippen molar-refractivity contribution in [3.8, 4) is 0 Å². The van der Waals surface area contributed by atoms with Crippen molar-refractivity contribution >= 4 is 29.0 Å². The SMILES string of the molecule is Cc1cc(N2CCC(F)(F)CC2)nc(NC(=O)c2ccc([N+](=O)[O-])cc2N2CCC3(CC2)CC3)n1. The van der Waals surface area contributed by atoms with Crippen LogP contribution in [-0.4, -0.2) is 52.9 Å². The van der Waals surface area contributed by atoms with E-state index in [0.717, 1.165) is 25.9 Å². The van der Waals surface area contributed by atoms with Gasteiger partial charge in [-0.2, -0.15) is 4.98 Å². The third-order valence-corrected chi connectivity index (χ3v) is 7.44. The summed E-state index contributed by atoms with van der Waals surface area (Å²) in [5.74, 6) is -2.58. The Morgan fingerprint density at radius 3 is 2.29 bits per heavy atom. The van der Waals surface area contributed by atoms with Crippen LogP contribution in [0.1, 0.15) is 54.6 Å². The molecule has 2 saturated heterocycles. The lowest BCUT2D eigenvalue weighted by Gasteiger charge is -2.34. The molecule has 11 heteroatoms. The van der Waals surface area contributed by atoms with Gasteiger partial charge in [-0.3, -0.25) is 20.2 Å². The van der Waals surface area contributed by atoms with Crippen molar-refractivity contribution in [3.05, 3.63) is 45.6 Å². The van der Waals surface area contributed by atoms with Gasteiger partial charge in [0.05, 0.1) is 16.2 Å². The van der Waals surface area contributed by atoms with Crippen LogP contribution in [0.2, 0.25) is 0 Å². The highest BCUT2D eigenvalue weighted by Gasteiger charge is 2.44. The van der Waals surface area contributed by atoms with Crippen molar-refractivity contribution in [1.29, 1.82) is 0 Å². The lowest BCUT2D eigenvalue weighted by molar-refractivity contribution is -0.384. The number of nitrogens with zero attached hydrogens (tertiary/aromatic N) is 5. The van der Waals surface area contributed by atoms with Crippen molar-refractivity contribution in [2.45, 2.75) is 51.4 Å². The molecule has 0 bridgehead atoms. The summed E-state index contributed by atoms with van der Waals surface area (Å²) in [5, 5.41) is 14.1. The molecule has 2 aliphatic heterocycles. The molecule has 1 aromatic carbocycles. The Morgan fingerprint density at radius 1 is 1.00 bits per heavy atom. The van der Waals surface area contributed by atoms with E-state index in [0.29, 0.717) is 28.2 Å². The number of nitro benzene ring substituents is 1. The standard InChI is InChI=1S/C24H28F2N6O3/c1-16-14-20(31-12-8-24(25,26)9-13-31)28-22(27-16)29-21(33)18-3-2-17(32(34)35)15-19(18)30-10-6-23(4-5-23)7-11-30/h2-3,14-15H,4-13H2,1H3,(H,27,28,29,33). The van der Waals surface area contributed by atoms with E-state index in [9.17, 15) is 23.7 Å². The lowest BCUT2D eigenvalue weighted by Crippen LogP contribution is -2.40. The van der Waals surface area contributed by atoms with Crippen molar-refractivity contribution < 1.29 is 18.5 Å². The number of carbonyl (C=O) groups excluding carboxylic acids is 1. The zero-order chi connectivity index (χ0) is 24.8. The molecule has 0 unspecified atom stereocenters. The zero-order valence-corrected chi connectivity index (χ0v) is 19.6. The third kappa shape index (κ3) is 5.03. The molecule has 3 aliphatic rings. The van der Waals surface area contributed by atoms with E-state index in [1.807, 2.05) is 4.90 Å². The Balaban J connectivity index is 1.37. The van der Waals surface area contributed by atoms with Gasteiger partial charge in [0.2, 0.25) is 5.95 Å². The Morgan fingerprint density at radius 2 is 1.66 bits per heavy atom. The van der Waals surface area contributed by atoms with Gasteiger partial charge in [0.15, 0.2) is 0 Å². The average Bonchev–Trinajstić information content (AvgIpc) is 3.57. The molecule has 1 N–H and O–H groups in total. The first-order valence-electron chi connectivity index (χ1n) is 12.0. The maximum atomic E-state index is 13.6. The number of aromatic nitrogens is 2. The number of benzene rings is 1. The molecule has 5 rings (SSSR count). The normalized spacial score (nSPS) is 20.5. The molecule has 3 heterocycles. The average molecular weight is 487 g/mol. The van der Waals surface area contributed by atoms with Crippen LogP contribution >= 0.6 is 0 Å². The molecular weight excluding hydrogens is 458 g/mol. The maximum absolute atomic E-state index is 13.6. The van der Waals surface area contributed by atoms with E-state index in [-0.39, 0.29) is 37.6 Å². The molecule has 2 aromatic rings. The van der Waals surface area contributed by atoms with Crippen molar-refractivity contribution in [2.24, 2.45) is 5.41 Å². The quantitative estimate of drug-likeness (QED) is 0.488. The van der Waals surface area contributed by atoms with Crippen molar-refractivity contribution in [2.75, 3.05) is 41.3 Å². The van der Waals surface area contributed by atoms with Gasteiger partial charge in [-0.25, -0.2) is 13.8 Å². The smallest absolute Gasteiger partial charge is 0.271 e. The second-order valence-corrected chi connectivity index (χ2v) is 9.93. The molecule has 1 aromatic heterocycles. The van der Waals surface area contributed by atoms with Gasteiger partial charge in [0, 0.05) is 62.9 Å². The first kappa shape index (κ1) is 23.4. The second kappa shape index (κ2) is 8.69. The Labute approximate surface area is 201 Å². The molecule has 186 valence electrons. The number of piperidine rings is 2. The van der Waals surface area contributed by atoms with Crippen LogP contribution in [0.5, 0.6) is 0 Å². The van der Waals surface area contributed by atoms with E-state index in [4.69, 9.17) is 0 Å². The Kier molecular flexibility index (Phi) is 5.80. The molecule has 0 atom stereocenters.